The standard InChI is InChI=1S/C20H31N3O2/c1-22-18-9-10-19(22)15-23(13-11-18)20(24)21-12-5-6-14-25-16-17-7-3-2-4-8-17/h2-4,7-8,18-19H,5-6,9-16H2,1H3,(H,21,24)/t18-,19-/m0/s1. The van der Waals surface area contributed by atoms with Crippen molar-refractivity contribution in [1.29, 1.82) is 0 Å². The quantitative estimate of drug-likeness (QED) is 0.773. The molecule has 0 unspecified atom stereocenters. The summed E-state index contributed by atoms with van der Waals surface area (Å²) in [6.45, 7) is 3.89. The van der Waals surface area contributed by atoms with E-state index in [-0.39, 0.29) is 6.03 Å². The molecule has 2 aliphatic heterocycles. The maximum absolute atomic E-state index is 12.4. The van der Waals surface area contributed by atoms with Crippen LogP contribution in [0, 0.1) is 0 Å². The average Bonchev–Trinajstić information content (AvgIpc) is 2.87. The van der Waals surface area contributed by atoms with Gasteiger partial charge in [-0.3, -0.25) is 4.90 Å². The van der Waals surface area contributed by atoms with Crippen molar-refractivity contribution in [3.8, 4) is 0 Å². The molecule has 0 aliphatic carbocycles. The van der Waals surface area contributed by atoms with Crippen LogP contribution in [0.3, 0.4) is 0 Å². The van der Waals surface area contributed by atoms with E-state index in [4.69, 9.17) is 4.74 Å². The molecule has 5 nitrogen and oxygen atoms in total. The highest BCUT2D eigenvalue weighted by Crippen LogP contribution is 2.28. The Morgan fingerprint density at radius 1 is 1.16 bits per heavy atom. The summed E-state index contributed by atoms with van der Waals surface area (Å²) in [5, 5.41) is 3.08. The van der Waals surface area contributed by atoms with Gasteiger partial charge in [-0.2, -0.15) is 0 Å². The smallest absolute Gasteiger partial charge is 0.317 e. The Labute approximate surface area is 151 Å². The lowest BCUT2D eigenvalue weighted by Gasteiger charge is -2.26. The number of fused-ring (bicyclic) bond motifs is 2. The van der Waals surface area contributed by atoms with Crippen LogP contribution in [0.1, 0.15) is 37.7 Å². The normalized spacial score (nSPS) is 23.5. The number of benzene rings is 1. The molecular weight excluding hydrogens is 314 g/mol. The molecule has 1 N–H and O–H groups in total. The Hall–Kier alpha value is -1.59. The van der Waals surface area contributed by atoms with Gasteiger partial charge in [-0.15, -0.1) is 0 Å². The highest BCUT2D eigenvalue weighted by Gasteiger charge is 2.35. The van der Waals surface area contributed by atoms with E-state index in [9.17, 15) is 4.79 Å². The fourth-order valence-electron chi connectivity index (χ4n) is 3.89. The number of hydrogen-bond acceptors (Lipinski definition) is 3. The minimum atomic E-state index is 0.103. The van der Waals surface area contributed by atoms with Gasteiger partial charge in [0.1, 0.15) is 0 Å². The number of likely N-dealkylation sites (tertiary alicyclic amines) is 1. The molecule has 1 aromatic rings. The molecule has 3 rings (SSSR count). The molecule has 2 fully saturated rings. The highest BCUT2D eigenvalue weighted by molar-refractivity contribution is 5.74. The molecule has 0 aromatic heterocycles. The van der Waals surface area contributed by atoms with Crippen molar-refractivity contribution in [2.24, 2.45) is 0 Å². The van der Waals surface area contributed by atoms with Crippen molar-refractivity contribution in [2.45, 2.75) is 50.8 Å². The Kier molecular flexibility index (Phi) is 6.70. The van der Waals surface area contributed by atoms with Crippen LogP contribution in [0.2, 0.25) is 0 Å². The summed E-state index contributed by atoms with van der Waals surface area (Å²) in [7, 11) is 2.21. The molecule has 0 saturated carbocycles. The third kappa shape index (κ3) is 5.19. The van der Waals surface area contributed by atoms with E-state index in [1.165, 1.54) is 18.4 Å². The fraction of sp³-hybridized carbons (Fsp3) is 0.650. The number of hydrogen-bond donors (Lipinski definition) is 1. The summed E-state index contributed by atoms with van der Waals surface area (Å²) in [6, 6.07) is 11.5. The number of carbonyl (C=O) groups is 1. The van der Waals surface area contributed by atoms with Gasteiger partial charge in [-0.1, -0.05) is 30.3 Å². The first-order valence-corrected chi connectivity index (χ1v) is 9.60. The largest absolute Gasteiger partial charge is 0.377 e. The first kappa shape index (κ1) is 18.2. The molecule has 5 heteroatoms. The predicted molar refractivity (Wildman–Crippen MR) is 99.5 cm³/mol. The van der Waals surface area contributed by atoms with E-state index in [2.05, 4.69) is 29.4 Å². The van der Waals surface area contributed by atoms with Gasteiger partial charge in [-0.25, -0.2) is 4.79 Å². The average molecular weight is 345 g/mol. The van der Waals surface area contributed by atoms with Gasteiger partial charge < -0.3 is 15.0 Å². The van der Waals surface area contributed by atoms with Gasteiger partial charge in [0.2, 0.25) is 0 Å². The van der Waals surface area contributed by atoms with Crippen molar-refractivity contribution in [3.63, 3.8) is 0 Å². The van der Waals surface area contributed by atoms with Gasteiger partial charge in [0.05, 0.1) is 6.61 Å². The highest BCUT2D eigenvalue weighted by atomic mass is 16.5. The summed E-state index contributed by atoms with van der Waals surface area (Å²) in [5.41, 5.74) is 1.20. The first-order valence-electron chi connectivity index (χ1n) is 9.60. The fourth-order valence-corrected chi connectivity index (χ4v) is 3.89. The second-order valence-corrected chi connectivity index (χ2v) is 7.26. The van der Waals surface area contributed by atoms with Crippen LogP contribution in [0.15, 0.2) is 30.3 Å². The summed E-state index contributed by atoms with van der Waals surface area (Å²) >= 11 is 0. The van der Waals surface area contributed by atoms with Gasteiger partial charge in [-0.05, 0) is 44.7 Å². The SMILES string of the molecule is CN1[C@H]2CC[C@H]1CN(C(=O)NCCCCOCc1ccccc1)CC2. The lowest BCUT2D eigenvalue weighted by atomic mass is 10.1. The van der Waals surface area contributed by atoms with Crippen LogP contribution in [-0.2, 0) is 11.3 Å². The van der Waals surface area contributed by atoms with Gasteiger partial charge in [0.15, 0.2) is 0 Å². The molecule has 25 heavy (non-hydrogen) atoms. The predicted octanol–water partition coefficient (Wildman–Crippen LogP) is 2.86. The maximum Gasteiger partial charge on any atom is 0.317 e. The lowest BCUT2D eigenvalue weighted by Crippen LogP contribution is -2.45. The molecule has 2 amide bonds. The van der Waals surface area contributed by atoms with Crippen LogP contribution < -0.4 is 5.32 Å². The number of amides is 2. The van der Waals surface area contributed by atoms with E-state index in [0.717, 1.165) is 45.5 Å². The van der Waals surface area contributed by atoms with Crippen molar-refractivity contribution >= 4 is 6.03 Å². The number of nitrogens with one attached hydrogen (secondary N) is 1. The zero-order chi connectivity index (χ0) is 17.5. The summed E-state index contributed by atoms with van der Waals surface area (Å²) in [5.74, 6) is 0. The van der Waals surface area contributed by atoms with E-state index in [1.807, 2.05) is 23.1 Å². The topological polar surface area (TPSA) is 44.8 Å². The van der Waals surface area contributed by atoms with Crippen LogP contribution >= 0.6 is 0 Å². The Balaban J connectivity index is 1.26. The van der Waals surface area contributed by atoms with E-state index < -0.39 is 0 Å². The zero-order valence-corrected chi connectivity index (χ0v) is 15.3. The van der Waals surface area contributed by atoms with Crippen LogP contribution in [-0.4, -0.2) is 61.2 Å². The van der Waals surface area contributed by atoms with E-state index in [1.54, 1.807) is 0 Å². The first-order chi connectivity index (χ1) is 12.2. The Morgan fingerprint density at radius 3 is 2.80 bits per heavy atom. The minimum absolute atomic E-state index is 0.103. The molecule has 2 aliphatic rings. The molecule has 138 valence electrons. The van der Waals surface area contributed by atoms with Crippen molar-refractivity contribution in [3.05, 3.63) is 35.9 Å². The molecule has 0 radical (unpaired) electrons. The number of ether oxygens (including phenoxy) is 1. The van der Waals surface area contributed by atoms with E-state index >= 15 is 0 Å². The lowest BCUT2D eigenvalue weighted by molar-refractivity contribution is 0.117. The van der Waals surface area contributed by atoms with Crippen molar-refractivity contribution in [2.75, 3.05) is 33.3 Å². The second kappa shape index (κ2) is 9.20. The van der Waals surface area contributed by atoms with Crippen LogP contribution in [0.4, 0.5) is 4.79 Å². The molecule has 2 bridgehead atoms. The number of nitrogens with zero attached hydrogens (tertiary/aromatic N) is 2. The van der Waals surface area contributed by atoms with Crippen molar-refractivity contribution in [1.82, 2.24) is 15.1 Å². The number of likely N-dealkylation sites (N-methyl/N-ethyl adjacent to an activating group) is 1. The monoisotopic (exact) mass is 345 g/mol. The Morgan fingerprint density at radius 2 is 1.96 bits per heavy atom. The number of urea groups is 1. The number of carbonyl (C=O) groups excluding carboxylic acids is 1. The van der Waals surface area contributed by atoms with Gasteiger partial charge in [0, 0.05) is 38.3 Å². The maximum atomic E-state index is 12.4. The third-order valence-electron chi connectivity index (χ3n) is 5.54. The summed E-state index contributed by atoms with van der Waals surface area (Å²) in [4.78, 5) is 16.8. The molecule has 0 spiro atoms. The van der Waals surface area contributed by atoms with Gasteiger partial charge in [0.25, 0.3) is 0 Å². The van der Waals surface area contributed by atoms with Crippen molar-refractivity contribution < 1.29 is 9.53 Å². The molecule has 2 atom stereocenters. The second-order valence-electron chi connectivity index (χ2n) is 7.26. The molecule has 2 heterocycles. The Bertz CT molecular complexity index is 537. The molecular formula is C20H31N3O2. The minimum Gasteiger partial charge on any atom is -0.377 e. The van der Waals surface area contributed by atoms with Gasteiger partial charge >= 0.3 is 6.03 Å². The third-order valence-corrected chi connectivity index (χ3v) is 5.54. The molecule has 1 aromatic carbocycles. The molecule has 2 saturated heterocycles. The number of rotatable bonds is 7. The summed E-state index contributed by atoms with van der Waals surface area (Å²) in [6.07, 6.45) is 5.55. The summed E-state index contributed by atoms with van der Waals surface area (Å²) < 4.78 is 5.68. The zero-order valence-electron chi connectivity index (χ0n) is 15.3. The number of unbranched alkanes of at least 4 members (excludes halogenated alkanes) is 1. The van der Waals surface area contributed by atoms with Crippen LogP contribution in [0.5, 0.6) is 0 Å². The van der Waals surface area contributed by atoms with E-state index in [0.29, 0.717) is 18.7 Å². The van der Waals surface area contributed by atoms with Crippen LogP contribution in [0.25, 0.3) is 0 Å².